The van der Waals surface area contributed by atoms with Crippen molar-refractivity contribution < 1.29 is 9.13 Å². The molecular formula is C11H17FN2O. The van der Waals surface area contributed by atoms with Gasteiger partial charge < -0.3 is 10.1 Å². The number of nitrogens with zero attached hydrogens (tertiary/aromatic N) is 1. The molecule has 0 amide bonds. The summed E-state index contributed by atoms with van der Waals surface area (Å²) in [5.74, 6) is -0.292. The fourth-order valence-electron chi connectivity index (χ4n) is 1.53. The lowest BCUT2D eigenvalue weighted by molar-refractivity contribution is 0.189. The Balaban J connectivity index is 2.57. The minimum Gasteiger partial charge on any atom is -0.385 e. The van der Waals surface area contributed by atoms with Crippen LogP contribution in [0.25, 0.3) is 0 Å². The van der Waals surface area contributed by atoms with E-state index < -0.39 is 0 Å². The van der Waals surface area contributed by atoms with Gasteiger partial charge in [-0.15, -0.1) is 0 Å². The van der Waals surface area contributed by atoms with Gasteiger partial charge in [-0.2, -0.15) is 0 Å². The molecular weight excluding hydrogens is 195 g/mol. The standard InChI is InChI=1S/C11H17FN2O/c1-13-11(4-3-5-15-2)9-6-10(12)8-14-7-9/h6-8,11,13H,3-5H2,1-2H3. The molecule has 1 heterocycles. The first-order valence-electron chi connectivity index (χ1n) is 5.04. The minimum absolute atomic E-state index is 0.142. The van der Waals surface area contributed by atoms with Crippen molar-refractivity contribution in [2.24, 2.45) is 0 Å². The van der Waals surface area contributed by atoms with Crippen molar-refractivity contribution in [2.45, 2.75) is 18.9 Å². The van der Waals surface area contributed by atoms with Crippen LogP contribution in [0.1, 0.15) is 24.4 Å². The van der Waals surface area contributed by atoms with Crippen LogP contribution in [0.4, 0.5) is 4.39 Å². The molecule has 3 nitrogen and oxygen atoms in total. The number of hydrogen-bond donors (Lipinski definition) is 1. The third-order valence-corrected chi connectivity index (χ3v) is 2.32. The Hall–Kier alpha value is -1.00. The highest BCUT2D eigenvalue weighted by Crippen LogP contribution is 2.17. The van der Waals surface area contributed by atoms with E-state index in [1.807, 2.05) is 7.05 Å². The van der Waals surface area contributed by atoms with Gasteiger partial charge in [0.2, 0.25) is 0 Å². The Kier molecular flexibility index (Phi) is 5.21. The first-order chi connectivity index (χ1) is 7.27. The lowest BCUT2D eigenvalue weighted by Gasteiger charge is -2.15. The number of aromatic nitrogens is 1. The van der Waals surface area contributed by atoms with Crippen LogP contribution in [0.15, 0.2) is 18.5 Å². The van der Waals surface area contributed by atoms with Crippen molar-refractivity contribution in [3.63, 3.8) is 0 Å². The summed E-state index contributed by atoms with van der Waals surface area (Å²) < 4.78 is 17.9. The Labute approximate surface area is 89.7 Å². The lowest BCUT2D eigenvalue weighted by atomic mass is 10.0. The van der Waals surface area contributed by atoms with E-state index in [1.165, 1.54) is 12.3 Å². The number of halogens is 1. The van der Waals surface area contributed by atoms with Gasteiger partial charge in [-0.25, -0.2) is 4.39 Å². The van der Waals surface area contributed by atoms with Crippen LogP contribution >= 0.6 is 0 Å². The molecule has 0 aliphatic carbocycles. The quantitative estimate of drug-likeness (QED) is 0.731. The van der Waals surface area contributed by atoms with Gasteiger partial charge in [0.15, 0.2) is 0 Å². The molecule has 0 aliphatic heterocycles. The van der Waals surface area contributed by atoms with E-state index in [0.717, 1.165) is 25.0 Å². The van der Waals surface area contributed by atoms with E-state index in [4.69, 9.17) is 4.74 Å². The molecule has 15 heavy (non-hydrogen) atoms. The highest BCUT2D eigenvalue weighted by atomic mass is 19.1. The van der Waals surface area contributed by atoms with Gasteiger partial charge in [0.05, 0.1) is 6.20 Å². The Morgan fingerprint density at radius 2 is 2.33 bits per heavy atom. The number of ether oxygens (including phenoxy) is 1. The molecule has 0 fully saturated rings. The summed E-state index contributed by atoms with van der Waals surface area (Å²) in [6.45, 7) is 0.723. The van der Waals surface area contributed by atoms with E-state index in [9.17, 15) is 4.39 Å². The van der Waals surface area contributed by atoms with E-state index in [1.54, 1.807) is 13.3 Å². The minimum atomic E-state index is -0.292. The molecule has 0 aromatic carbocycles. The molecule has 1 atom stereocenters. The second-order valence-corrected chi connectivity index (χ2v) is 3.41. The highest BCUT2D eigenvalue weighted by molar-refractivity contribution is 5.14. The van der Waals surface area contributed by atoms with Crippen molar-refractivity contribution in [1.29, 1.82) is 0 Å². The Bertz CT molecular complexity index is 294. The van der Waals surface area contributed by atoms with Gasteiger partial charge in [0.1, 0.15) is 5.82 Å². The fraction of sp³-hybridized carbons (Fsp3) is 0.545. The van der Waals surface area contributed by atoms with Crippen molar-refractivity contribution in [3.8, 4) is 0 Å². The molecule has 1 unspecified atom stereocenters. The van der Waals surface area contributed by atoms with Crippen LogP contribution in [0.3, 0.4) is 0 Å². The lowest BCUT2D eigenvalue weighted by Crippen LogP contribution is -2.17. The van der Waals surface area contributed by atoms with E-state index in [2.05, 4.69) is 10.3 Å². The molecule has 1 aromatic heterocycles. The normalized spacial score (nSPS) is 12.7. The Morgan fingerprint density at radius 1 is 1.53 bits per heavy atom. The van der Waals surface area contributed by atoms with Crippen molar-refractivity contribution >= 4 is 0 Å². The zero-order valence-electron chi connectivity index (χ0n) is 9.16. The van der Waals surface area contributed by atoms with Crippen LogP contribution in [-0.2, 0) is 4.74 Å². The maximum atomic E-state index is 12.9. The van der Waals surface area contributed by atoms with Crippen LogP contribution in [0, 0.1) is 5.82 Å². The van der Waals surface area contributed by atoms with Crippen molar-refractivity contribution in [2.75, 3.05) is 20.8 Å². The first-order valence-corrected chi connectivity index (χ1v) is 5.04. The molecule has 1 N–H and O–H groups in total. The van der Waals surface area contributed by atoms with E-state index >= 15 is 0 Å². The molecule has 4 heteroatoms. The van der Waals surface area contributed by atoms with Crippen LogP contribution in [0.2, 0.25) is 0 Å². The van der Waals surface area contributed by atoms with Gasteiger partial charge in [-0.1, -0.05) is 0 Å². The van der Waals surface area contributed by atoms with Gasteiger partial charge in [0, 0.05) is 26.0 Å². The molecule has 1 rings (SSSR count). The number of hydrogen-bond acceptors (Lipinski definition) is 3. The molecule has 1 aromatic rings. The van der Waals surface area contributed by atoms with Gasteiger partial charge in [-0.05, 0) is 31.5 Å². The van der Waals surface area contributed by atoms with Gasteiger partial charge in [0.25, 0.3) is 0 Å². The molecule has 0 aliphatic rings. The molecule has 0 radical (unpaired) electrons. The summed E-state index contributed by atoms with van der Waals surface area (Å²) in [6.07, 6.45) is 4.76. The van der Waals surface area contributed by atoms with Crippen LogP contribution in [-0.4, -0.2) is 25.7 Å². The first kappa shape index (κ1) is 12.1. The number of pyridine rings is 1. The largest absolute Gasteiger partial charge is 0.385 e. The third-order valence-electron chi connectivity index (χ3n) is 2.32. The molecule has 84 valence electrons. The van der Waals surface area contributed by atoms with Crippen molar-refractivity contribution in [3.05, 3.63) is 29.8 Å². The van der Waals surface area contributed by atoms with E-state index in [-0.39, 0.29) is 11.9 Å². The molecule has 0 saturated heterocycles. The van der Waals surface area contributed by atoms with Crippen LogP contribution in [0.5, 0.6) is 0 Å². The maximum absolute atomic E-state index is 12.9. The fourth-order valence-corrected chi connectivity index (χ4v) is 1.53. The maximum Gasteiger partial charge on any atom is 0.141 e. The predicted molar refractivity (Wildman–Crippen MR) is 57.1 cm³/mol. The summed E-state index contributed by atoms with van der Waals surface area (Å²) in [5, 5.41) is 3.14. The Morgan fingerprint density at radius 3 is 2.93 bits per heavy atom. The summed E-state index contributed by atoms with van der Waals surface area (Å²) in [7, 11) is 3.54. The molecule has 0 bridgehead atoms. The van der Waals surface area contributed by atoms with Crippen LogP contribution < -0.4 is 5.32 Å². The second-order valence-electron chi connectivity index (χ2n) is 3.41. The third kappa shape index (κ3) is 3.93. The number of rotatable bonds is 6. The number of nitrogens with one attached hydrogen (secondary N) is 1. The average Bonchev–Trinajstić information content (AvgIpc) is 2.24. The number of methoxy groups -OCH3 is 1. The van der Waals surface area contributed by atoms with Gasteiger partial charge >= 0.3 is 0 Å². The average molecular weight is 212 g/mol. The summed E-state index contributed by atoms with van der Waals surface area (Å²) in [5.41, 5.74) is 0.883. The summed E-state index contributed by atoms with van der Waals surface area (Å²) >= 11 is 0. The summed E-state index contributed by atoms with van der Waals surface area (Å²) in [4.78, 5) is 3.84. The second kappa shape index (κ2) is 6.48. The monoisotopic (exact) mass is 212 g/mol. The van der Waals surface area contributed by atoms with Gasteiger partial charge in [-0.3, -0.25) is 4.98 Å². The van der Waals surface area contributed by atoms with Crippen molar-refractivity contribution in [1.82, 2.24) is 10.3 Å². The topological polar surface area (TPSA) is 34.1 Å². The molecule has 0 spiro atoms. The highest BCUT2D eigenvalue weighted by Gasteiger charge is 2.09. The zero-order valence-corrected chi connectivity index (χ0v) is 9.16. The van der Waals surface area contributed by atoms with E-state index in [0.29, 0.717) is 0 Å². The SMILES string of the molecule is CNC(CCCOC)c1cncc(F)c1. The summed E-state index contributed by atoms with van der Waals surface area (Å²) in [6, 6.07) is 1.66. The molecule has 0 saturated carbocycles. The zero-order chi connectivity index (χ0) is 11.1. The smallest absolute Gasteiger partial charge is 0.141 e. The predicted octanol–water partition coefficient (Wildman–Crippen LogP) is 1.91.